The lowest BCUT2D eigenvalue weighted by atomic mass is 9.86. The molecule has 5 nitrogen and oxygen atoms in total. The van der Waals surface area contributed by atoms with Crippen molar-refractivity contribution in [3.05, 3.63) is 70.9 Å². The molecule has 1 aromatic heterocycles. The van der Waals surface area contributed by atoms with Gasteiger partial charge < -0.3 is 14.8 Å². The predicted molar refractivity (Wildman–Crippen MR) is 98.4 cm³/mol. The van der Waals surface area contributed by atoms with E-state index in [-0.39, 0.29) is 23.5 Å². The number of allylic oxidation sites excluding steroid dienone is 2. The largest absolute Gasteiger partial charge is 0.511 e. The summed E-state index contributed by atoms with van der Waals surface area (Å²) in [5, 5.41) is 12.6. The van der Waals surface area contributed by atoms with E-state index in [4.69, 9.17) is 4.42 Å². The minimum absolute atomic E-state index is 0.0769. The van der Waals surface area contributed by atoms with Crippen LogP contribution in [0, 0.1) is 0 Å². The maximum atomic E-state index is 12.4. The SMILES string of the molecule is O=C1CC(c2ccco2)CC(O)=C1C=NCC1[NH2+]CCc2ccccc21. The van der Waals surface area contributed by atoms with Crippen molar-refractivity contribution in [2.75, 3.05) is 13.1 Å². The topological polar surface area (TPSA) is 79.4 Å². The summed E-state index contributed by atoms with van der Waals surface area (Å²) in [5.41, 5.74) is 3.05. The molecule has 4 rings (SSSR count). The van der Waals surface area contributed by atoms with Crippen LogP contribution in [0.1, 0.15) is 41.7 Å². The van der Waals surface area contributed by atoms with E-state index in [1.807, 2.05) is 6.07 Å². The Balaban J connectivity index is 1.46. The first-order valence-corrected chi connectivity index (χ1v) is 9.12. The lowest BCUT2D eigenvalue weighted by molar-refractivity contribution is -0.696. The monoisotopic (exact) mass is 351 g/mol. The fraction of sp³-hybridized carbons (Fsp3) is 0.333. The van der Waals surface area contributed by atoms with Crippen molar-refractivity contribution >= 4 is 12.0 Å². The predicted octanol–water partition coefficient (Wildman–Crippen LogP) is 2.47. The van der Waals surface area contributed by atoms with Crippen molar-refractivity contribution < 1.29 is 19.6 Å². The van der Waals surface area contributed by atoms with Crippen molar-refractivity contribution in [3.63, 3.8) is 0 Å². The van der Waals surface area contributed by atoms with Gasteiger partial charge in [0.1, 0.15) is 17.6 Å². The third-order valence-corrected chi connectivity index (χ3v) is 5.27. The average molecular weight is 351 g/mol. The van der Waals surface area contributed by atoms with Crippen LogP contribution in [0.2, 0.25) is 0 Å². The number of carbonyl (C=O) groups excluding carboxylic acids is 1. The number of furan rings is 1. The molecule has 0 spiro atoms. The van der Waals surface area contributed by atoms with Gasteiger partial charge in [0, 0.05) is 37.0 Å². The summed E-state index contributed by atoms with van der Waals surface area (Å²) in [6.07, 6.45) is 4.99. The van der Waals surface area contributed by atoms with E-state index in [1.54, 1.807) is 18.5 Å². The maximum absolute atomic E-state index is 12.4. The molecule has 26 heavy (non-hydrogen) atoms. The van der Waals surface area contributed by atoms with Gasteiger partial charge >= 0.3 is 0 Å². The van der Waals surface area contributed by atoms with Gasteiger partial charge in [0.15, 0.2) is 5.78 Å². The summed E-state index contributed by atoms with van der Waals surface area (Å²) in [6, 6.07) is 12.4. The highest BCUT2D eigenvalue weighted by atomic mass is 16.3. The molecular formula is C21H23N2O3+. The van der Waals surface area contributed by atoms with E-state index < -0.39 is 0 Å². The fourth-order valence-corrected chi connectivity index (χ4v) is 3.90. The second kappa shape index (κ2) is 7.30. The van der Waals surface area contributed by atoms with Gasteiger partial charge in [-0.3, -0.25) is 9.79 Å². The van der Waals surface area contributed by atoms with E-state index in [0.29, 0.717) is 25.0 Å². The third-order valence-electron chi connectivity index (χ3n) is 5.27. The third kappa shape index (κ3) is 3.35. The van der Waals surface area contributed by atoms with E-state index in [9.17, 15) is 9.90 Å². The number of aliphatic hydroxyl groups excluding tert-OH is 1. The summed E-state index contributed by atoms with van der Waals surface area (Å²) in [5.74, 6) is 0.689. The van der Waals surface area contributed by atoms with Crippen molar-refractivity contribution in [2.24, 2.45) is 4.99 Å². The Kier molecular flexibility index (Phi) is 4.71. The van der Waals surface area contributed by atoms with Crippen LogP contribution in [-0.2, 0) is 11.2 Å². The zero-order valence-corrected chi connectivity index (χ0v) is 14.6. The molecule has 1 aliphatic carbocycles. The standard InChI is InChI=1S/C21H22N2O3/c24-19-10-15(21-6-3-9-26-21)11-20(25)17(19)12-22-13-18-16-5-2-1-4-14(16)7-8-23-18/h1-6,9,12,15,18,23-24H,7-8,10-11,13H2/p+1. The molecule has 0 bridgehead atoms. The van der Waals surface area contributed by atoms with Crippen LogP contribution >= 0.6 is 0 Å². The second-order valence-corrected chi connectivity index (χ2v) is 6.98. The molecule has 1 aromatic carbocycles. The minimum Gasteiger partial charge on any atom is -0.511 e. The number of quaternary nitrogens is 1. The number of rotatable bonds is 4. The number of fused-ring (bicyclic) bond motifs is 1. The molecule has 2 aromatic rings. The molecule has 2 unspecified atom stereocenters. The first kappa shape index (κ1) is 16.8. The Morgan fingerprint density at radius 1 is 1.23 bits per heavy atom. The number of nitrogens with two attached hydrogens (primary N) is 1. The van der Waals surface area contributed by atoms with Crippen LogP contribution in [0.25, 0.3) is 0 Å². The average Bonchev–Trinajstić information content (AvgIpc) is 3.19. The molecule has 3 N–H and O–H groups in total. The number of aliphatic imine (C=N–C) groups is 1. The highest BCUT2D eigenvalue weighted by molar-refractivity contribution is 6.14. The van der Waals surface area contributed by atoms with E-state index in [1.165, 1.54) is 11.1 Å². The quantitative estimate of drug-likeness (QED) is 0.831. The van der Waals surface area contributed by atoms with Gasteiger partial charge in [-0.05, 0) is 17.7 Å². The number of benzene rings is 1. The Hall–Kier alpha value is -2.66. The van der Waals surface area contributed by atoms with Gasteiger partial charge in [-0.25, -0.2) is 0 Å². The van der Waals surface area contributed by atoms with Crippen LogP contribution in [0.3, 0.4) is 0 Å². The molecule has 0 saturated heterocycles. The van der Waals surface area contributed by atoms with Crippen molar-refractivity contribution in [1.29, 1.82) is 0 Å². The lowest BCUT2D eigenvalue weighted by Crippen LogP contribution is -2.87. The molecule has 1 aliphatic heterocycles. The molecule has 0 saturated carbocycles. The number of Topliss-reactive ketones (excluding diaryl/α,β-unsaturated/α-hetero) is 1. The van der Waals surface area contributed by atoms with Crippen molar-refractivity contribution in [1.82, 2.24) is 0 Å². The number of hydrogen-bond acceptors (Lipinski definition) is 4. The molecule has 2 heterocycles. The van der Waals surface area contributed by atoms with Gasteiger partial charge in [0.25, 0.3) is 0 Å². The van der Waals surface area contributed by atoms with Crippen LogP contribution in [0.5, 0.6) is 0 Å². The van der Waals surface area contributed by atoms with Gasteiger partial charge in [-0.2, -0.15) is 0 Å². The Morgan fingerprint density at radius 2 is 2.12 bits per heavy atom. The molecule has 2 atom stereocenters. The van der Waals surface area contributed by atoms with Gasteiger partial charge in [0.2, 0.25) is 0 Å². The van der Waals surface area contributed by atoms with Gasteiger partial charge in [0.05, 0.1) is 24.9 Å². The summed E-state index contributed by atoms with van der Waals surface area (Å²) < 4.78 is 5.37. The first-order valence-electron chi connectivity index (χ1n) is 9.12. The maximum Gasteiger partial charge on any atom is 0.168 e. The summed E-state index contributed by atoms with van der Waals surface area (Å²) in [4.78, 5) is 16.9. The smallest absolute Gasteiger partial charge is 0.168 e. The highest BCUT2D eigenvalue weighted by Gasteiger charge is 2.29. The van der Waals surface area contributed by atoms with Crippen LogP contribution < -0.4 is 5.32 Å². The summed E-state index contributed by atoms with van der Waals surface area (Å²) >= 11 is 0. The van der Waals surface area contributed by atoms with Crippen LogP contribution in [0.15, 0.2) is 63.4 Å². The Bertz CT molecular complexity index is 852. The zero-order chi connectivity index (χ0) is 17.9. The van der Waals surface area contributed by atoms with Crippen LogP contribution in [0.4, 0.5) is 0 Å². The number of hydrogen-bond donors (Lipinski definition) is 2. The minimum atomic E-state index is -0.0896. The fourth-order valence-electron chi connectivity index (χ4n) is 3.90. The zero-order valence-electron chi connectivity index (χ0n) is 14.6. The molecule has 134 valence electrons. The van der Waals surface area contributed by atoms with Crippen molar-refractivity contribution in [2.45, 2.75) is 31.2 Å². The molecule has 0 radical (unpaired) electrons. The Labute approximate surface area is 152 Å². The van der Waals surface area contributed by atoms with E-state index >= 15 is 0 Å². The molecule has 0 amide bonds. The highest BCUT2D eigenvalue weighted by Crippen LogP contribution is 2.33. The molecular weight excluding hydrogens is 328 g/mol. The molecule has 0 fully saturated rings. The van der Waals surface area contributed by atoms with E-state index in [2.05, 4.69) is 34.6 Å². The molecule has 2 aliphatic rings. The normalized spacial score (nSPS) is 23.5. The summed E-state index contributed by atoms with van der Waals surface area (Å²) in [7, 11) is 0. The number of nitrogens with zero attached hydrogens (tertiary/aromatic N) is 1. The Morgan fingerprint density at radius 3 is 2.92 bits per heavy atom. The number of carbonyl (C=O) groups is 1. The number of ketones is 1. The summed E-state index contributed by atoms with van der Waals surface area (Å²) in [6.45, 7) is 1.65. The van der Waals surface area contributed by atoms with Gasteiger partial charge in [-0.15, -0.1) is 0 Å². The molecule has 5 heteroatoms. The number of aliphatic hydroxyl groups is 1. The first-order chi connectivity index (χ1) is 12.7. The van der Waals surface area contributed by atoms with Gasteiger partial charge in [-0.1, -0.05) is 24.3 Å². The second-order valence-electron chi connectivity index (χ2n) is 6.98. The van der Waals surface area contributed by atoms with E-state index in [0.717, 1.165) is 18.7 Å². The van der Waals surface area contributed by atoms with Crippen molar-refractivity contribution in [3.8, 4) is 0 Å². The lowest BCUT2D eigenvalue weighted by Gasteiger charge is -2.22. The van der Waals surface area contributed by atoms with Crippen LogP contribution in [-0.4, -0.2) is 30.2 Å².